The highest BCUT2D eigenvalue weighted by atomic mass is 16.5. The minimum Gasteiger partial charge on any atom is -0.493 e. The third kappa shape index (κ3) is 5.05. The number of hydrogen-bond acceptors (Lipinski definition) is 3. The van der Waals surface area contributed by atoms with Crippen molar-refractivity contribution in [3.05, 3.63) is 42.5 Å². The standard InChI is InChI=1S/C16H23NO3/c1-4-9-17(10-11-18)16(19)14-5-7-15(8-6-14)20-12-13(2)3/h4-8,13,18H,1,9-12H2,2-3H3. The molecule has 0 saturated heterocycles. The molecule has 4 heteroatoms. The highest BCUT2D eigenvalue weighted by molar-refractivity contribution is 5.94. The van der Waals surface area contributed by atoms with Gasteiger partial charge < -0.3 is 14.7 Å². The Hall–Kier alpha value is -1.81. The number of carbonyl (C=O) groups excluding carboxylic acids is 1. The van der Waals surface area contributed by atoms with E-state index in [1.54, 1.807) is 35.2 Å². The molecule has 0 fully saturated rings. The SMILES string of the molecule is C=CCN(CCO)C(=O)c1ccc(OCC(C)C)cc1. The van der Waals surface area contributed by atoms with Crippen LogP contribution in [0.4, 0.5) is 0 Å². The molecule has 20 heavy (non-hydrogen) atoms. The molecule has 0 atom stereocenters. The van der Waals surface area contributed by atoms with E-state index in [-0.39, 0.29) is 12.5 Å². The Morgan fingerprint density at radius 2 is 2.05 bits per heavy atom. The lowest BCUT2D eigenvalue weighted by Crippen LogP contribution is -2.33. The van der Waals surface area contributed by atoms with Crippen molar-refractivity contribution in [2.45, 2.75) is 13.8 Å². The van der Waals surface area contributed by atoms with Gasteiger partial charge >= 0.3 is 0 Å². The molecule has 0 unspecified atom stereocenters. The molecule has 0 heterocycles. The fourth-order valence-electron chi connectivity index (χ4n) is 1.69. The molecular formula is C16H23NO3. The first kappa shape index (κ1) is 16.2. The molecule has 0 aromatic heterocycles. The van der Waals surface area contributed by atoms with E-state index in [0.717, 1.165) is 5.75 Å². The lowest BCUT2D eigenvalue weighted by atomic mass is 10.2. The molecule has 1 amide bonds. The molecule has 0 aliphatic rings. The van der Waals surface area contributed by atoms with Gasteiger partial charge in [-0.2, -0.15) is 0 Å². The van der Waals surface area contributed by atoms with Crippen molar-refractivity contribution in [3.8, 4) is 5.75 Å². The second kappa shape index (κ2) is 8.38. The predicted molar refractivity (Wildman–Crippen MR) is 80.0 cm³/mol. The second-order valence-corrected chi connectivity index (χ2v) is 4.99. The Labute approximate surface area is 120 Å². The van der Waals surface area contributed by atoms with Gasteiger partial charge in [-0.15, -0.1) is 6.58 Å². The maximum Gasteiger partial charge on any atom is 0.254 e. The van der Waals surface area contributed by atoms with Crippen molar-refractivity contribution in [2.24, 2.45) is 5.92 Å². The number of amides is 1. The van der Waals surface area contributed by atoms with Crippen LogP contribution in [0.2, 0.25) is 0 Å². The number of nitrogens with zero attached hydrogens (tertiary/aromatic N) is 1. The fraction of sp³-hybridized carbons (Fsp3) is 0.438. The predicted octanol–water partition coefficient (Wildman–Crippen LogP) is 2.34. The van der Waals surface area contributed by atoms with Crippen molar-refractivity contribution < 1.29 is 14.6 Å². The van der Waals surface area contributed by atoms with Crippen molar-refractivity contribution in [1.82, 2.24) is 4.90 Å². The summed E-state index contributed by atoms with van der Waals surface area (Å²) in [5.74, 6) is 1.10. The zero-order valence-electron chi connectivity index (χ0n) is 12.2. The number of benzene rings is 1. The summed E-state index contributed by atoms with van der Waals surface area (Å²) >= 11 is 0. The van der Waals surface area contributed by atoms with Gasteiger partial charge in [-0.05, 0) is 30.2 Å². The maximum atomic E-state index is 12.2. The number of aliphatic hydroxyl groups excluding tert-OH is 1. The van der Waals surface area contributed by atoms with Crippen LogP contribution < -0.4 is 4.74 Å². The van der Waals surface area contributed by atoms with E-state index in [1.165, 1.54) is 0 Å². The summed E-state index contributed by atoms with van der Waals surface area (Å²) in [6.45, 7) is 9.10. The molecule has 0 bridgehead atoms. The van der Waals surface area contributed by atoms with Crippen LogP contribution >= 0.6 is 0 Å². The van der Waals surface area contributed by atoms with Crippen molar-refractivity contribution in [1.29, 1.82) is 0 Å². The van der Waals surface area contributed by atoms with E-state index in [9.17, 15) is 4.79 Å². The molecular weight excluding hydrogens is 254 g/mol. The molecule has 4 nitrogen and oxygen atoms in total. The topological polar surface area (TPSA) is 49.8 Å². The Balaban J connectivity index is 2.70. The molecule has 1 aromatic rings. The van der Waals surface area contributed by atoms with Gasteiger partial charge in [0.05, 0.1) is 13.2 Å². The highest BCUT2D eigenvalue weighted by Crippen LogP contribution is 2.14. The first-order chi connectivity index (χ1) is 9.58. The average Bonchev–Trinajstić information content (AvgIpc) is 2.44. The quantitative estimate of drug-likeness (QED) is 0.742. The van der Waals surface area contributed by atoms with Crippen molar-refractivity contribution >= 4 is 5.91 Å². The summed E-state index contributed by atoms with van der Waals surface area (Å²) < 4.78 is 5.58. The molecule has 110 valence electrons. The summed E-state index contributed by atoms with van der Waals surface area (Å²) in [5.41, 5.74) is 0.581. The van der Waals surface area contributed by atoms with Crippen LogP contribution in [-0.4, -0.2) is 42.2 Å². The Kier molecular flexibility index (Phi) is 6.81. The molecule has 0 radical (unpaired) electrons. The van der Waals surface area contributed by atoms with Gasteiger partial charge in [0.2, 0.25) is 0 Å². The fourth-order valence-corrected chi connectivity index (χ4v) is 1.69. The lowest BCUT2D eigenvalue weighted by Gasteiger charge is -2.20. The molecule has 1 rings (SSSR count). The van der Waals surface area contributed by atoms with Crippen LogP contribution in [0.5, 0.6) is 5.75 Å². The first-order valence-corrected chi connectivity index (χ1v) is 6.82. The summed E-state index contributed by atoms with van der Waals surface area (Å²) in [4.78, 5) is 13.8. The number of hydrogen-bond donors (Lipinski definition) is 1. The van der Waals surface area contributed by atoms with Crippen LogP contribution in [0, 0.1) is 5.92 Å². The van der Waals surface area contributed by atoms with Gasteiger partial charge in [0.1, 0.15) is 5.75 Å². The third-order valence-corrected chi connectivity index (χ3v) is 2.69. The molecule has 0 aliphatic carbocycles. The molecule has 0 aliphatic heterocycles. The number of ether oxygens (including phenoxy) is 1. The number of aliphatic hydroxyl groups is 1. The zero-order valence-corrected chi connectivity index (χ0v) is 12.2. The monoisotopic (exact) mass is 277 g/mol. The van der Waals surface area contributed by atoms with Gasteiger partial charge in [-0.25, -0.2) is 0 Å². The lowest BCUT2D eigenvalue weighted by molar-refractivity contribution is 0.0743. The minimum absolute atomic E-state index is 0.0604. The van der Waals surface area contributed by atoms with Crippen LogP contribution in [0.3, 0.4) is 0 Å². The number of rotatable bonds is 8. The largest absolute Gasteiger partial charge is 0.493 e. The van der Waals surface area contributed by atoms with E-state index in [1.807, 2.05) is 0 Å². The summed E-state index contributed by atoms with van der Waals surface area (Å²) in [7, 11) is 0. The van der Waals surface area contributed by atoms with Gasteiger partial charge in [-0.1, -0.05) is 19.9 Å². The molecule has 0 spiro atoms. The first-order valence-electron chi connectivity index (χ1n) is 6.82. The van der Waals surface area contributed by atoms with Gasteiger partial charge in [0.25, 0.3) is 5.91 Å². The van der Waals surface area contributed by atoms with E-state index >= 15 is 0 Å². The van der Waals surface area contributed by atoms with Crippen molar-refractivity contribution in [2.75, 3.05) is 26.3 Å². The van der Waals surface area contributed by atoms with E-state index in [0.29, 0.717) is 31.2 Å². The average molecular weight is 277 g/mol. The summed E-state index contributed by atoms with van der Waals surface area (Å²) in [5, 5.41) is 8.98. The van der Waals surface area contributed by atoms with E-state index in [2.05, 4.69) is 20.4 Å². The number of carbonyl (C=O) groups is 1. The molecule has 0 saturated carbocycles. The Morgan fingerprint density at radius 1 is 1.40 bits per heavy atom. The maximum absolute atomic E-state index is 12.2. The third-order valence-electron chi connectivity index (χ3n) is 2.69. The Bertz CT molecular complexity index is 426. The van der Waals surface area contributed by atoms with E-state index < -0.39 is 0 Å². The van der Waals surface area contributed by atoms with Gasteiger partial charge in [0, 0.05) is 18.7 Å². The van der Waals surface area contributed by atoms with Gasteiger partial charge in [-0.3, -0.25) is 4.79 Å². The summed E-state index contributed by atoms with van der Waals surface area (Å²) in [6.07, 6.45) is 1.65. The van der Waals surface area contributed by atoms with Crippen LogP contribution in [0.25, 0.3) is 0 Å². The van der Waals surface area contributed by atoms with Crippen LogP contribution in [0.1, 0.15) is 24.2 Å². The van der Waals surface area contributed by atoms with Gasteiger partial charge in [0.15, 0.2) is 0 Å². The second-order valence-electron chi connectivity index (χ2n) is 4.99. The zero-order chi connectivity index (χ0) is 15.0. The normalized spacial score (nSPS) is 10.4. The van der Waals surface area contributed by atoms with Crippen LogP contribution in [0.15, 0.2) is 36.9 Å². The molecule has 1 N–H and O–H groups in total. The smallest absolute Gasteiger partial charge is 0.254 e. The minimum atomic E-state index is -0.116. The highest BCUT2D eigenvalue weighted by Gasteiger charge is 2.13. The van der Waals surface area contributed by atoms with E-state index in [4.69, 9.17) is 9.84 Å². The molecule has 1 aromatic carbocycles. The Morgan fingerprint density at radius 3 is 2.55 bits per heavy atom. The summed E-state index contributed by atoms with van der Waals surface area (Å²) in [6, 6.07) is 7.07. The van der Waals surface area contributed by atoms with Crippen LogP contribution in [-0.2, 0) is 0 Å². The van der Waals surface area contributed by atoms with Crippen molar-refractivity contribution in [3.63, 3.8) is 0 Å².